The third kappa shape index (κ3) is 7.69. The summed E-state index contributed by atoms with van der Waals surface area (Å²) in [5.41, 5.74) is 1.04. The second-order valence-electron chi connectivity index (χ2n) is 8.13. The van der Waals surface area contributed by atoms with E-state index in [9.17, 15) is 0 Å². The van der Waals surface area contributed by atoms with Gasteiger partial charge < -0.3 is 0 Å². The SMILES string of the molecule is CPCCCC(C)(C)C(C)CCCC(C)(C)C(C)C. The van der Waals surface area contributed by atoms with E-state index in [2.05, 4.69) is 55.1 Å². The smallest absolute Gasteiger partial charge is 0.0328 e. The van der Waals surface area contributed by atoms with E-state index >= 15 is 0 Å². The van der Waals surface area contributed by atoms with Crippen LogP contribution in [-0.4, -0.2) is 12.8 Å². The fraction of sp³-hybridized carbons (Fsp3) is 1.00. The average molecular weight is 286 g/mol. The summed E-state index contributed by atoms with van der Waals surface area (Å²) < 4.78 is 0. The zero-order valence-corrected chi connectivity index (χ0v) is 15.9. The van der Waals surface area contributed by atoms with E-state index in [1.165, 1.54) is 38.3 Å². The van der Waals surface area contributed by atoms with Gasteiger partial charge in [-0.2, -0.15) is 0 Å². The highest BCUT2D eigenvalue weighted by molar-refractivity contribution is 7.36. The van der Waals surface area contributed by atoms with Gasteiger partial charge in [0, 0.05) is 0 Å². The van der Waals surface area contributed by atoms with Gasteiger partial charge in [0.05, 0.1) is 0 Å². The highest BCUT2D eigenvalue weighted by Gasteiger charge is 2.26. The molecule has 0 fully saturated rings. The van der Waals surface area contributed by atoms with Crippen molar-refractivity contribution < 1.29 is 0 Å². The van der Waals surface area contributed by atoms with Gasteiger partial charge in [0.25, 0.3) is 0 Å². The van der Waals surface area contributed by atoms with Gasteiger partial charge in [-0.05, 0) is 54.8 Å². The second kappa shape index (κ2) is 8.66. The third-order valence-electron chi connectivity index (χ3n) is 5.60. The average Bonchev–Trinajstić information content (AvgIpc) is 2.28. The van der Waals surface area contributed by atoms with Crippen molar-refractivity contribution in [2.75, 3.05) is 12.8 Å². The van der Waals surface area contributed by atoms with Crippen molar-refractivity contribution in [1.82, 2.24) is 0 Å². The van der Waals surface area contributed by atoms with Crippen molar-refractivity contribution >= 4 is 8.58 Å². The summed E-state index contributed by atoms with van der Waals surface area (Å²) in [4.78, 5) is 0. The van der Waals surface area contributed by atoms with E-state index in [0.29, 0.717) is 10.8 Å². The number of hydrogen-bond acceptors (Lipinski definition) is 0. The molecule has 0 radical (unpaired) electrons. The first-order valence-corrected chi connectivity index (χ1v) is 9.99. The first-order chi connectivity index (χ1) is 8.63. The molecule has 0 aliphatic heterocycles. The molecule has 2 unspecified atom stereocenters. The van der Waals surface area contributed by atoms with Gasteiger partial charge in [-0.1, -0.05) is 61.3 Å². The molecule has 0 aromatic heterocycles. The van der Waals surface area contributed by atoms with Crippen LogP contribution in [0.3, 0.4) is 0 Å². The molecule has 0 saturated carbocycles. The van der Waals surface area contributed by atoms with Gasteiger partial charge in [0.15, 0.2) is 0 Å². The normalized spacial score (nSPS) is 15.6. The molecule has 1 heteroatoms. The summed E-state index contributed by atoms with van der Waals surface area (Å²) in [5, 5.41) is 0. The molecule has 0 aliphatic carbocycles. The van der Waals surface area contributed by atoms with Crippen molar-refractivity contribution in [3.8, 4) is 0 Å². The molecule has 0 N–H and O–H groups in total. The Labute approximate surface area is 125 Å². The van der Waals surface area contributed by atoms with E-state index in [1.54, 1.807) is 0 Å². The Morgan fingerprint density at radius 3 is 1.84 bits per heavy atom. The van der Waals surface area contributed by atoms with Gasteiger partial charge in [-0.3, -0.25) is 0 Å². The van der Waals surface area contributed by atoms with Gasteiger partial charge in [-0.25, -0.2) is 0 Å². The van der Waals surface area contributed by atoms with Crippen LogP contribution in [0.4, 0.5) is 0 Å². The molecule has 0 bridgehead atoms. The van der Waals surface area contributed by atoms with E-state index in [1.807, 2.05) is 0 Å². The summed E-state index contributed by atoms with van der Waals surface area (Å²) >= 11 is 0. The molecule has 0 heterocycles. The molecule has 19 heavy (non-hydrogen) atoms. The van der Waals surface area contributed by atoms with Crippen molar-refractivity contribution in [3.05, 3.63) is 0 Å². The van der Waals surface area contributed by atoms with E-state index in [-0.39, 0.29) is 0 Å². The number of rotatable bonds is 10. The molecule has 0 aromatic rings. The van der Waals surface area contributed by atoms with Crippen LogP contribution < -0.4 is 0 Å². The van der Waals surface area contributed by atoms with E-state index in [4.69, 9.17) is 0 Å². The summed E-state index contributed by atoms with van der Waals surface area (Å²) in [6, 6.07) is 0. The molecular formula is C18H39P. The minimum atomic E-state index is 0.507. The molecule has 2 atom stereocenters. The van der Waals surface area contributed by atoms with Crippen LogP contribution in [0.5, 0.6) is 0 Å². The maximum atomic E-state index is 2.48. The van der Waals surface area contributed by atoms with Crippen molar-refractivity contribution in [3.63, 3.8) is 0 Å². The van der Waals surface area contributed by atoms with Gasteiger partial charge in [0.2, 0.25) is 0 Å². The predicted octanol–water partition coefficient (Wildman–Crippen LogP) is 6.59. The molecule has 0 amide bonds. The standard InChI is InChI=1S/C18H39P/c1-15(2)17(4,5)12-9-11-16(3)18(6,7)13-10-14-19-8/h15-16,19H,9-14H2,1-8H3. The Morgan fingerprint density at radius 2 is 1.37 bits per heavy atom. The van der Waals surface area contributed by atoms with Crippen molar-refractivity contribution in [1.29, 1.82) is 0 Å². The first kappa shape index (κ1) is 19.4. The lowest BCUT2D eigenvalue weighted by Crippen LogP contribution is -2.23. The summed E-state index contributed by atoms with van der Waals surface area (Å²) in [7, 11) is 1.13. The fourth-order valence-electron chi connectivity index (χ4n) is 2.51. The summed E-state index contributed by atoms with van der Waals surface area (Å²) in [6.45, 7) is 19.3. The Balaban J connectivity index is 4.05. The van der Waals surface area contributed by atoms with Crippen LogP contribution in [0, 0.1) is 22.7 Å². The monoisotopic (exact) mass is 286 g/mol. The lowest BCUT2D eigenvalue weighted by molar-refractivity contribution is 0.171. The topological polar surface area (TPSA) is 0 Å². The van der Waals surface area contributed by atoms with E-state index < -0.39 is 0 Å². The molecular weight excluding hydrogens is 247 g/mol. The van der Waals surface area contributed by atoms with Crippen LogP contribution in [0.2, 0.25) is 0 Å². The van der Waals surface area contributed by atoms with Crippen LogP contribution in [0.15, 0.2) is 0 Å². The Morgan fingerprint density at radius 1 is 0.842 bits per heavy atom. The molecule has 0 spiro atoms. The van der Waals surface area contributed by atoms with Gasteiger partial charge in [0.1, 0.15) is 0 Å². The fourth-order valence-corrected chi connectivity index (χ4v) is 3.04. The molecule has 0 rings (SSSR count). The van der Waals surface area contributed by atoms with Crippen LogP contribution in [-0.2, 0) is 0 Å². The largest absolute Gasteiger partial charge is 0.125 e. The number of hydrogen-bond donors (Lipinski definition) is 0. The molecule has 116 valence electrons. The zero-order valence-electron chi connectivity index (χ0n) is 14.9. The van der Waals surface area contributed by atoms with E-state index in [0.717, 1.165) is 20.4 Å². The first-order valence-electron chi connectivity index (χ1n) is 8.28. The van der Waals surface area contributed by atoms with Gasteiger partial charge >= 0.3 is 0 Å². The lowest BCUT2D eigenvalue weighted by Gasteiger charge is -2.34. The quantitative estimate of drug-likeness (QED) is 0.314. The molecule has 0 aliphatic rings. The van der Waals surface area contributed by atoms with Crippen molar-refractivity contribution in [2.45, 2.75) is 80.6 Å². The Hall–Kier alpha value is 0.430. The van der Waals surface area contributed by atoms with Crippen LogP contribution in [0.25, 0.3) is 0 Å². The minimum Gasteiger partial charge on any atom is -0.125 e. The van der Waals surface area contributed by atoms with Crippen LogP contribution >= 0.6 is 8.58 Å². The Kier molecular flexibility index (Phi) is 8.85. The zero-order chi connectivity index (χ0) is 15.1. The van der Waals surface area contributed by atoms with Crippen LogP contribution in [0.1, 0.15) is 80.6 Å². The summed E-state index contributed by atoms with van der Waals surface area (Å²) in [6.07, 6.45) is 8.42. The maximum absolute atomic E-state index is 2.48. The highest BCUT2D eigenvalue weighted by atomic mass is 31.1. The predicted molar refractivity (Wildman–Crippen MR) is 93.8 cm³/mol. The Bertz CT molecular complexity index is 228. The van der Waals surface area contributed by atoms with Gasteiger partial charge in [-0.15, -0.1) is 8.58 Å². The molecule has 0 saturated heterocycles. The molecule has 0 aromatic carbocycles. The maximum Gasteiger partial charge on any atom is -0.0328 e. The summed E-state index contributed by atoms with van der Waals surface area (Å²) in [5.74, 6) is 1.65. The second-order valence-corrected chi connectivity index (χ2v) is 9.34. The molecule has 0 nitrogen and oxygen atoms in total. The van der Waals surface area contributed by atoms with Crippen molar-refractivity contribution in [2.24, 2.45) is 22.7 Å². The minimum absolute atomic E-state index is 0.507. The third-order valence-corrected chi connectivity index (χ3v) is 6.46. The lowest BCUT2D eigenvalue weighted by atomic mass is 9.72. The highest BCUT2D eigenvalue weighted by Crippen LogP contribution is 2.38.